The molecule has 4 rings (SSSR count). The largest absolute Gasteiger partial charge is 0.512 e. The normalized spacial score (nSPS) is 11.0. The summed E-state index contributed by atoms with van der Waals surface area (Å²) in [6, 6.07) is 23.3. The summed E-state index contributed by atoms with van der Waals surface area (Å²) < 4.78 is 14.8. The smallest absolute Gasteiger partial charge is 0.159 e. The number of unbranched alkanes of at least 4 members (excludes halogenated alkanes) is 8. The molecular formula is C37H44Br2NO4PtS-. The van der Waals surface area contributed by atoms with Crippen LogP contribution in [-0.2, 0) is 25.9 Å². The first-order valence-corrected chi connectivity index (χ1v) is 18.2. The SMILES string of the molecule is CCCCOc1cc(Br)c(OCCCCCCCCCCC(=O)/C=C(/C)O)cc1Br.[Pt].[c-]1ccccc1-c1nc2ccccc2s1. The van der Waals surface area contributed by atoms with E-state index in [1.807, 2.05) is 54.6 Å². The number of allylic oxidation sites excluding steroid dienone is 2. The molecule has 0 radical (unpaired) electrons. The van der Waals surface area contributed by atoms with E-state index in [2.05, 4.69) is 55.9 Å². The van der Waals surface area contributed by atoms with Crippen molar-refractivity contribution in [2.45, 2.75) is 84.5 Å². The number of carbonyl (C=O) groups is 1. The van der Waals surface area contributed by atoms with Crippen LogP contribution in [0.25, 0.3) is 20.8 Å². The number of halogens is 2. The van der Waals surface area contributed by atoms with Crippen molar-refractivity contribution in [2.75, 3.05) is 13.2 Å². The Bertz CT molecular complexity index is 1440. The van der Waals surface area contributed by atoms with Crippen molar-refractivity contribution >= 4 is 59.2 Å². The van der Waals surface area contributed by atoms with Crippen LogP contribution in [0.4, 0.5) is 0 Å². The Balaban J connectivity index is 0.000000380. The summed E-state index contributed by atoms with van der Waals surface area (Å²) in [5, 5.41) is 10.1. The summed E-state index contributed by atoms with van der Waals surface area (Å²) in [7, 11) is 0. The van der Waals surface area contributed by atoms with Gasteiger partial charge in [-0.25, -0.2) is 0 Å². The van der Waals surface area contributed by atoms with Crippen LogP contribution in [0, 0.1) is 6.07 Å². The van der Waals surface area contributed by atoms with Crippen molar-refractivity contribution in [3.63, 3.8) is 0 Å². The summed E-state index contributed by atoms with van der Waals surface area (Å²) in [5.74, 6) is 1.79. The van der Waals surface area contributed by atoms with E-state index < -0.39 is 0 Å². The summed E-state index contributed by atoms with van der Waals surface area (Å²) in [6.45, 7) is 5.11. The van der Waals surface area contributed by atoms with Gasteiger partial charge in [-0.3, -0.25) is 9.78 Å². The molecule has 0 bridgehead atoms. The number of hydrogen-bond donors (Lipinski definition) is 1. The average molecular weight is 954 g/mol. The second-order valence-corrected chi connectivity index (χ2v) is 13.6. The van der Waals surface area contributed by atoms with E-state index in [-0.39, 0.29) is 32.6 Å². The topological polar surface area (TPSA) is 68.7 Å². The Morgan fingerprint density at radius 2 is 1.46 bits per heavy atom. The van der Waals surface area contributed by atoms with Crippen LogP contribution in [-0.4, -0.2) is 29.1 Å². The number of ether oxygens (including phenoxy) is 2. The van der Waals surface area contributed by atoms with E-state index >= 15 is 0 Å². The van der Waals surface area contributed by atoms with Gasteiger partial charge in [-0.2, -0.15) is 11.3 Å². The number of fused-ring (bicyclic) bond motifs is 1. The van der Waals surface area contributed by atoms with Gasteiger partial charge in [-0.1, -0.05) is 64.0 Å². The number of aliphatic hydroxyl groups excluding tert-OH is 1. The summed E-state index contributed by atoms with van der Waals surface area (Å²) in [6.07, 6.45) is 13.0. The number of nitrogens with zero attached hydrogens (tertiary/aromatic N) is 1. The van der Waals surface area contributed by atoms with E-state index in [0.29, 0.717) is 13.0 Å². The molecule has 0 fully saturated rings. The molecular weight excluding hydrogens is 909 g/mol. The molecule has 5 nitrogen and oxygen atoms in total. The van der Waals surface area contributed by atoms with Crippen molar-refractivity contribution < 1.29 is 40.4 Å². The van der Waals surface area contributed by atoms with Gasteiger partial charge in [0.2, 0.25) is 0 Å². The fourth-order valence-electron chi connectivity index (χ4n) is 4.52. The fourth-order valence-corrected chi connectivity index (χ4v) is 6.35. The molecule has 252 valence electrons. The number of para-hydroxylation sites is 1. The molecule has 3 aromatic carbocycles. The number of rotatable bonds is 18. The number of aromatic nitrogens is 1. The Kier molecular flexibility index (Phi) is 20.4. The molecule has 0 spiro atoms. The third-order valence-corrected chi connectivity index (χ3v) is 9.23. The van der Waals surface area contributed by atoms with Crippen LogP contribution in [0.2, 0.25) is 0 Å². The number of aliphatic hydroxyl groups is 1. The Morgan fingerprint density at radius 1 is 0.870 bits per heavy atom. The molecule has 1 heterocycles. The molecule has 0 saturated heterocycles. The zero-order valence-corrected chi connectivity index (χ0v) is 32.9. The van der Waals surface area contributed by atoms with Crippen molar-refractivity contribution in [1.29, 1.82) is 0 Å². The van der Waals surface area contributed by atoms with E-state index in [1.165, 1.54) is 43.4 Å². The van der Waals surface area contributed by atoms with Gasteiger partial charge >= 0.3 is 0 Å². The van der Waals surface area contributed by atoms with Crippen LogP contribution in [0.1, 0.15) is 84.5 Å². The summed E-state index contributed by atoms with van der Waals surface area (Å²) >= 11 is 8.84. The van der Waals surface area contributed by atoms with E-state index in [0.717, 1.165) is 81.7 Å². The molecule has 0 aliphatic carbocycles. The standard InChI is InChI=1S/C24H36Br2O4.C13H8NS.Pt/c1-3-4-14-29-23-17-22(26)24(18-21(23)25)30-15-12-10-8-6-5-7-9-11-13-20(28)16-19(2)27;1-2-6-10(7-3-1)13-14-11-8-4-5-9-12(11)15-13;/h16-18,27H,3-15H2,1-2H3;1-6,8-9H;/q;-1;/b19-16-;;. The molecule has 9 heteroatoms. The van der Waals surface area contributed by atoms with Crippen LogP contribution >= 0.6 is 43.2 Å². The third kappa shape index (κ3) is 15.3. The number of carbonyl (C=O) groups excluding carboxylic acids is 1. The molecule has 0 aliphatic rings. The van der Waals surface area contributed by atoms with E-state index in [1.54, 1.807) is 11.3 Å². The van der Waals surface area contributed by atoms with Gasteiger partial charge in [0.1, 0.15) is 11.5 Å². The Labute approximate surface area is 309 Å². The first-order chi connectivity index (χ1) is 21.9. The van der Waals surface area contributed by atoms with Gasteiger partial charge in [-0.15, -0.1) is 35.9 Å². The predicted octanol–water partition coefficient (Wildman–Crippen LogP) is 12.1. The van der Waals surface area contributed by atoms with Crippen molar-refractivity contribution in [3.8, 4) is 22.1 Å². The van der Waals surface area contributed by atoms with Crippen LogP contribution in [0.3, 0.4) is 0 Å². The van der Waals surface area contributed by atoms with E-state index in [9.17, 15) is 4.79 Å². The maximum atomic E-state index is 11.4. The number of benzene rings is 3. The zero-order chi connectivity index (χ0) is 32.3. The van der Waals surface area contributed by atoms with Crippen LogP contribution < -0.4 is 9.47 Å². The van der Waals surface area contributed by atoms with Crippen molar-refractivity contribution in [2.24, 2.45) is 0 Å². The number of hydrogen-bond acceptors (Lipinski definition) is 6. The summed E-state index contributed by atoms with van der Waals surface area (Å²) in [5.41, 5.74) is 2.13. The minimum Gasteiger partial charge on any atom is -0.512 e. The predicted molar refractivity (Wildman–Crippen MR) is 195 cm³/mol. The minimum absolute atomic E-state index is 0. The molecule has 4 aromatic rings. The maximum Gasteiger partial charge on any atom is 0.159 e. The average Bonchev–Trinajstić information content (AvgIpc) is 3.47. The van der Waals surface area contributed by atoms with Gasteiger partial charge in [0, 0.05) is 43.3 Å². The second kappa shape index (κ2) is 23.4. The third-order valence-electron chi connectivity index (χ3n) is 6.92. The van der Waals surface area contributed by atoms with Crippen molar-refractivity contribution in [1.82, 2.24) is 4.98 Å². The molecule has 1 N–H and O–H groups in total. The van der Waals surface area contributed by atoms with Gasteiger partial charge < -0.3 is 14.6 Å². The molecule has 1 aromatic heterocycles. The van der Waals surface area contributed by atoms with E-state index in [4.69, 9.17) is 14.6 Å². The number of thiazole rings is 1. The van der Waals surface area contributed by atoms with Gasteiger partial charge in [0.05, 0.1) is 33.4 Å². The Hall–Kier alpha value is -1.99. The second-order valence-electron chi connectivity index (χ2n) is 10.9. The monoisotopic (exact) mass is 951 g/mol. The molecule has 0 unspecified atom stereocenters. The fraction of sp³-hybridized carbons (Fsp3) is 0.405. The van der Waals surface area contributed by atoms with Gasteiger partial charge in [0.25, 0.3) is 0 Å². The molecule has 46 heavy (non-hydrogen) atoms. The van der Waals surface area contributed by atoms with Gasteiger partial charge in [-0.05, 0) is 82.3 Å². The maximum absolute atomic E-state index is 11.4. The summed E-state index contributed by atoms with van der Waals surface area (Å²) in [4.78, 5) is 16.0. The Morgan fingerprint density at radius 3 is 2.04 bits per heavy atom. The van der Waals surface area contributed by atoms with Crippen LogP contribution in [0.15, 0.2) is 81.4 Å². The molecule has 0 saturated carbocycles. The van der Waals surface area contributed by atoms with Crippen molar-refractivity contribution in [3.05, 3.63) is 87.5 Å². The molecule has 0 amide bonds. The first-order valence-electron chi connectivity index (χ1n) is 15.8. The molecule has 0 atom stereocenters. The first kappa shape index (κ1) is 40.2. The zero-order valence-electron chi connectivity index (χ0n) is 26.6. The molecule has 0 aliphatic heterocycles. The van der Waals surface area contributed by atoms with Gasteiger partial charge in [0.15, 0.2) is 5.78 Å². The quantitative estimate of drug-likeness (QED) is 0.0466. The number of ketones is 1. The minimum atomic E-state index is 0. The van der Waals surface area contributed by atoms with Crippen LogP contribution in [0.5, 0.6) is 11.5 Å².